The van der Waals surface area contributed by atoms with Crippen LogP contribution in [0.5, 0.6) is 5.75 Å². The van der Waals surface area contributed by atoms with Crippen LogP contribution in [0.2, 0.25) is 0 Å². The van der Waals surface area contributed by atoms with Gasteiger partial charge in [0.25, 0.3) is 11.8 Å². The highest BCUT2D eigenvalue weighted by Crippen LogP contribution is 2.26. The number of furan rings is 1. The van der Waals surface area contributed by atoms with Gasteiger partial charge in [-0.1, -0.05) is 24.3 Å². The van der Waals surface area contributed by atoms with Gasteiger partial charge in [-0.2, -0.15) is 0 Å². The molecule has 4 aromatic rings. The van der Waals surface area contributed by atoms with E-state index in [1.54, 1.807) is 12.1 Å². The molecule has 36 heavy (non-hydrogen) atoms. The third kappa shape index (κ3) is 4.53. The van der Waals surface area contributed by atoms with Gasteiger partial charge in [-0.25, -0.2) is 4.79 Å². The van der Waals surface area contributed by atoms with Crippen molar-refractivity contribution in [1.29, 1.82) is 0 Å². The fraction of sp³-hybridized carbons (Fsp3) is 0.179. The maximum atomic E-state index is 13.1. The number of benzene rings is 2. The predicted molar refractivity (Wildman–Crippen MR) is 134 cm³/mol. The van der Waals surface area contributed by atoms with Crippen molar-refractivity contribution >= 4 is 34.8 Å². The summed E-state index contributed by atoms with van der Waals surface area (Å²) in [5.74, 6) is -0.152. The van der Waals surface area contributed by atoms with Crippen molar-refractivity contribution in [2.24, 2.45) is 0 Å². The Morgan fingerprint density at radius 3 is 2.61 bits per heavy atom. The zero-order chi connectivity index (χ0) is 25.2. The summed E-state index contributed by atoms with van der Waals surface area (Å²) in [5, 5.41) is 3.13. The number of aryl methyl sites for hydroxylation is 2. The molecule has 8 heteroatoms. The van der Waals surface area contributed by atoms with E-state index in [4.69, 9.17) is 9.15 Å². The van der Waals surface area contributed by atoms with E-state index in [-0.39, 0.29) is 12.1 Å². The third-order valence-corrected chi connectivity index (χ3v) is 6.28. The van der Waals surface area contributed by atoms with Crippen LogP contribution >= 0.6 is 0 Å². The number of nitrogens with zero attached hydrogens (tertiary/aromatic N) is 2. The lowest BCUT2D eigenvalue weighted by atomic mass is 10.1. The average Bonchev–Trinajstić information content (AvgIpc) is 3.50. The molecule has 0 bridgehead atoms. The number of carbonyl (C=O) groups is 3. The van der Waals surface area contributed by atoms with Crippen LogP contribution in [0.4, 0.5) is 4.79 Å². The summed E-state index contributed by atoms with van der Waals surface area (Å²) >= 11 is 0. The summed E-state index contributed by atoms with van der Waals surface area (Å²) in [6, 6.07) is 16.3. The quantitative estimate of drug-likeness (QED) is 0.307. The first-order valence-corrected chi connectivity index (χ1v) is 11.6. The second-order valence-electron chi connectivity index (χ2n) is 8.68. The zero-order valence-electron chi connectivity index (χ0n) is 20.0. The lowest BCUT2D eigenvalue weighted by Gasteiger charge is -2.25. The van der Waals surface area contributed by atoms with E-state index < -0.39 is 17.8 Å². The highest BCUT2D eigenvalue weighted by molar-refractivity contribution is 6.31. The largest absolute Gasteiger partial charge is 0.492 e. The van der Waals surface area contributed by atoms with E-state index >= 15 is 0 Å². The van der Waals surface area contributed by atoms with Crippen molar-refractivity contribution in [2.75, 3.05) is 6.61 Å². The molecule has 182 valence electrons. The van der Waals surface area contributed by atoms with Crippen LogP contribution in [0.15, 0.2) is 77.0 Å². The van der Waals surface area contributed by atoms with Crippen molar-refractivity contribution < 1.29 is 23.5 Å². The molecule has 2 aromatic heterocycles. The third-order valence-electron chi connectivity index (χ3n) is 6.28. The van der Waals surface area contributed by atoms with Gasteiger partial charge in [-0.05, 0) is 61.4 Å². The molecule has 2 aromatic carbocycles. The zero-order valence-corrected chi connectivity index (χ0v) is 20.0. The summed E-state index contributed by atoms with van der Waals surface area (Å²) in [6.07, 6.45) is 4.87. The molecule has 0 radical (unpaired) electrons. The Labute approximate surface area is 207 Å². The van der Waals surface area contributed by atoms with Crippen LogP contribution in [0.3, 0.4) is 0 Å². The van der Waals surface area contributed by atoms with Gasteiger partial charge in [0.05, 0.1) is 19.4 Å². The van der Waals surface area contributed by atoms with E-state index in [0.717, 1.165) is 21.6 Å². The smallest absolute Gasteiger partial charge is 0.331 e. The molecule has 5 rings (SSSR count). The van der Waals surface area contributed by atoms with Gasteiger partial charge in [-0.3, -0.25) is 19.8 Å². The van der Waals surface area contributed by atoms with Gasteiger partial charge in [0, 0.05) is 22.7 Å². The number of amides is 4. The molecule has 1 saturated heterocycles. The fourth-order valence-corrected chi connectivity index (χ4v) is 4.19. The SMILES string of the molecule is Cc1ccc(OCCn2cc(/C=C3\C(=O)NC(=O)N(Cc4ccco4)C3=O)c3ccccc32)cc1C. The van der Waals surface area contributed by atoms with Crippen LogP contribution in [0, 0.1) is 13.8 Å². The van der Waals surface area contributed by atoms with Crippen LogP contribution in [0.1, 0.15) is 22.5 Å². The van der Waals surface area contributed by atoms with Crippen LogP contribution in [0.25, 0.3) is 17.0 Å². The molecule has 4 amide bonds. The first-order valence-electron chi connectivity index (χ1n) is 11.6. The lowest BCUT2D eigenvalue weighted by molar-refractivity contribution is -0.130. The Bertz CT molecular complexity index is 1500. The predicted octanol–water partition coefficient (Wildman–Crippen LogP) is 4.59. The summed E-state index contributed by atoms with van der Waals surface area (Å²) < 4.78 is 13.2. The molecule has 3 heterocycles. The minimum absolute atomic E-state index is 0.0696. The van der Waals surface area contributed by atoms with E-state index in [2.05, 4.69) is 12.2 Å². The molecule has 1 aliphatic rings. The second-order valence-corrected chi connectivity index (χ2v) is 8.68. The van der Waals surface area contributed by atoms with E-state index in [0.29, 0.717) is 24.5 Å². The Morgan fingerprint density at radius 1 is 1.00 bits per heavy atom. The van der Waals surface area contributed by atoms with E-state index in [1.807, 2.05) is 60.2 Å². The number of urea groups is 1. The molecule has 0 unspecified atom stereocenters. The fourth-order valence-electron chi connectivity index (χ4n) is 4.19. The molecule has 1 fully saturated rings. The molecule has 1 aliphatic heterocycles. The van der Waals surface area contributed by atoms with Crippen molar-refractivity contribution in [3.63, 3.8) is 0 Å². The molecule has 0 saturated carbocycles. The summed E-state index contributed by atoms with van der Waals surface area (Å²) in [5.41, 5.74) is 3.91. The molecule has 0 atom stereocenters. The number of imide groups is 2. The van der Waals surface area contributed by atoms with Crippen LogP contribution < -0.4 is 10.1 Å². The van der Waals surface area contributed by atoms with E-state index in [9.17, 15) is 14.4 Å². The maximum absolute atomic E-state index is 13.1. The second kappa shape index (κ2) is 9.58. The van der Waals surface area contributed by atoms with Gasteiger partial charge >= 0.3 is 6.03 Å². The molecule has 0 aliphatic carbocycles. The highest BCUT2D eigenvalue weighted by Gasteiger charge is 2.36. The Kier molecular flexibility index (Phi) is 6.16. The topological polar surface area (TPSA) is 93.8 Å². The summed E-state index contributed by atoms with van der Waals surface area (Å²) in [4.78, 5) is 39.0. The van der Waals surface area contributed by atoms with Crippen molar-refractivity contribution in [3.8, 4) is 5.75 Å². The molecule has 0 spiro atoms. The summed E-state index contributed by atoms with van der Waals surface area (Å²) in [6.45, 7) is 5.06. The number of rotatable bonds is 7. The number of barbiturate groups is 1. The number of hydrogen-bond donors (Lipinski definition) is 1. The minimum Gasteiger partial charge on any atom is -0.492 e. The molecular weight excluding hydrogens is 458 g/mol. The number of fused-ring (bicyclic) bond motifs is 1. The van der Waals surface area contributed by atoms with Gasteiger partial charge in [-0.15, -0.1) is 0 Å². The minimum atomic E-state index is -0.774. The van der Waals surface area contributed by atoms with Crippen molar-refractivity contribution in [1.82, 2.24) is 14.8 Å². The highest BCUT2D eigenvalue weighted by atomic mass is 16.5. The average molecular weight is 484 g/mol. The first kappa shape index (κ1) is 23.2. The van der Waals surface area contributed by atoms with Gasteiger partial charge < -0.3 is 13.7 Å². The van der Waals surface area contributed by atoms with E-state index in [1.165, 1.54) is 23.5 Å². The molecule has 1 N–H and O–H groups in total. The van der Waals surface area contributed by atoms with Crippen LogP contribution in [-0.2, 0) is 22.7 Å². The number of ether oxygens (including phenoxy) is 1. The molecular formula is C28H25N3O5. The van der Waals surface area contributed by atoms with Crippen molar-refractivity contribution in [3.05, 3.63) is 95.1 Å². The van der Waals surface area contributed by atoms with Crippen LogP contribution in [-0.4, -0.2) is 33.9 Å². The number of para-hydroxylation sites is 1. The van der Waals surface area contributed by atoms with Gasteiger partial charge in [0.15, 0.2) is 0 Å². The normalized spacial score (nSPS) is 15.1. The number of nitrogens with one attached hydrogen (secondary N) is 1. The van der Waals surface area contributed by atoms with Gasteiger partial charge in [0.1, 0.15) is 23.7 Å². The lowest BCUT2D eigenvalue weighted by Crippen LogP contribution is -2.53. The standard InChI is InChI=1S/C28H25N3O5/c1-18-9-10-21(14-19(18)2)36-13-11-30-16-20(23-7-3-4-8-25(23)30)15-24-26(32)29-28(34)31(27(24)33)17-22-6-5-12-35-22/h3-10,12,14-16H,11,13,17H2,1-2H3,(H,29,32,34)/b24-15+. The molecule has 8 nitrogen and oxygen atoms in total. The number of carbonyl (C=O) groups excluding carboxylic acids is 3. The Morgan fingerprint density at radius 2 is 1.83 bits per heavy atom. The maximum Gasteiger partial charge on any atom is 0.331 e. The Hall–Kier alpha value is -4.59. The van der Waals surface area contributed by atoms with Gasteiger partial charge in [0.2, 0.25) is 0 Å². The number of hydrogen-bond acceptors (Lipinski definition) is 5. The monoisotopic (exact) mass is 483 g/mol. The first-order chi connectivity index (χ1) is 17.4. The number of aromatic nitrogens is 1. The van der Waals surface area contributed by atoms with Crippen molar-refractivity contribution in [2.45, 2.75) is 26.9 Å². The summed E-state index contributed by atoms with van der Waals surface area (Å²) in [7, 11) is 0. The Balaban J connectivity index is 1.40.